The van der Waals surface area contributed by atoms with Gasteiger partial charge in [-0.15, -0.1) is 5.92 Å². The zero-order valence-electron chi connectivity index (χ0n) is 10.7. The van der Waals surface area contributed by atoms with Crippen LogP contribution in [0.4, 0.5) is 0 Å². The van der Waals surface area contributed by atoms with Gasteiger partial charge in [0.15, 0.2) is 11.5 Å². The van der Waals surface area contributed by atoms with Gasteiger partial charge in [-0.05, 0) is 31.2 Å². The molecule has 17 heavy (non-hydrogen) atoms. The SMILES string of the molecule is CC#CCOc1cc(CNCC)ccc1OC. The van der Waals surface area contributed by atoms with Crippen molar-refractivity contribution in [3.63, 3.8) is 0 Å². The van der Waals surface area contributed by atoms with Gasteiger partial charge in [-0.2, -0.15) is 0 Å². The zero-order valence-corrected chi connectivity index (χ0v) is 10.7. The summed E-state index contributed by atoms with van der Waals surface area (Å²) in [5, 5.41) is 3.27. The molecule has 1 aromatic rings. The third-order valence-corrected chi connectivity index (χ3v) is 2.28. The van der Waals surface area contributed by atoms with E-state index in [0.717, 1.165) is 24.6 Å². The molecule has 0 heterocycles. The number of hydrogen-bond acceptors (Lipinski definition) is 3. The second-order valence-electron chi connectivity index (χ2n) is 3.48. The normalized spacial score (nSPS) is 9.35. The Morgan fingerprint density at radius 1 is 1.29 bits per heavy atom. The van der Waals surface area contributed by atoms with Crippen molar-refractivity contribution < 1.29 is 9.47 Å². The molecule has 1 N–H and O–H groups in total. The van der Waals surface area contributed by atoms with Crippen LogP contribution < -0.4 is 14.8 Å². The lowest BCUT2D eigenvalue weighted by molar-refractivity contribution is 0.330. The summed E-state index contributed by atoms with van der Waals surface area (Å²) < 4.78 is 10.8. The van der Waals surface area contributed by atoms with E-state index in [4.69, 9.17) is 9.47 Å². The molecule has 0 unspecified atom stereocenters. The van der Waals surface area contributed by atoms with Crippen LogP contribution in [0.3, 0.4) is 0 Å². The maximum Gasteiger partial charge on any atom is 0.162 e. The van der Waals surface area contributed by atoms with Crippen LogP contribution in [0.15, 0.2) is 18.2 Å². The van der Waals surface area contributed by atoms with Gasteiger partial charge in [-0.1, -0.05) is 18.9 Å². The molecule has 0 spiro atoms. The van der Waals surface area contributed by atoms with Crippen LogP contribution in [-0.4, -0.2) is 20.3 Å². The Bertz CT molecular complexity index is 404. The molecule has 1 aromatic carbocycles. The molecular formula is C14H19NO2. The van der Waals surface area contributed by atoms with Gasteiger partial charge < -0.3 is 14.8 Å². The summed E-state index contributed by atoms with van der Waals surface area (Å²) in [5.41, 5.74) is 1.17. The molecule has 3 nitrogen and oxygen atoms in total. The van der Waals surface area contributed by atoms with Gasteiger partial charge in [0.05, 0.1) is 7.11 Å². The van der Waals surface area contributed by atoms with Crippen molar-refractivity contribution in [1.82, 2.24) is 5.32 Å². The van der Waals surface area contributed by atoms with E-state index in [2.05, 4.69) is 24.1 Å². The van der Waals surface area contributed by atoms with Crippen LogP contribution in [0.25, 0.3) is 0 Å². The van der Waals surface area contributed by atoms with E-state index in [1.807, 2.05) is 18.2 Å². The molecule has 0 amide bonds. The van der Waals surface area contributed by atoms with Gasteiger partial charge in [0, 0.05) is 6.54 Å². The number of rotatable bonds is 6. The number of nitrogens with one attached hydrogen (secondary N) is 1. The Morgan fingerprint density at radius 3 is 2.76 bits per heavy atom. The predicted molar refractivity (Wildman–Crippen MR) is 69.3 cm³/mol. The fraction of sp³-hybridized carbons (Fsp3) is 0.429. The van der Waals surface area contributed by atoms with Crippen molar-refractivity contribution in [2.45, 2.75) is 20.4 Å². The Balaban J connectivity index is 2.77. The molecule has 0 aliphatic carbocycles. The first-order valence-corrected chi connectivity index (χ1v) is 5.71. The van der Waals surface area contributed by atoms with Crippen LogP contribution >= 0.6 is 0 Å². The fourth-order valence-corrected chi connectivity index (χ4v) is 1.40. The van der Waals surface area contributed by atoms with Crippen LogP contribution in [0.5, 0.6) is 11.5 Å². The summed E-state index contributed by atoms with van der Waals surface area (Å²) in [6.07, 6.45) is 0. The fourth-order valence-electron chi connectivity index (χ4n) is 1.40. The summed E-state index contributed by atoms with van der Waals surface area (Å²) in [6.45, 7) is 6.04. The lowest BCUT2D eigenvalue weighted by Gasteiger charge is -2.10. The molecule has 0 saturated carbocycles. The molecular weight excluding hydrogens is 214 g/mol. The predicted octanol–water partition coefficient (Wildman–Crippen LogP) is 2.21. The summed E-state index contributed by atoms with van der Waals surface area (Å²) >= 11 is 0. The van der Waals surface area contributed by atoms with Gasteiger partial charge in [0.1, 0.15) is 6.61 Å². The van der Waals surface area contributed by atoms with Crippen molar-refractivity contribution in [2.75, 3.05) is 20.3 Å². The monoisotopic (exact) mass is 233 g/mol. The minimum Gasteiger partial charge on any atom is -0.493 e. The molecule has 0 bridgehead atoms. The highest BCUT2D eigenvalue weighted by atomic mass is 16.5. The van der Waals surface area contributed by atoms with Crippen LogP contribution in [-0.2, 0) is 6.54 Å². The molecule has 0 aliphatic rings. The Kier molecular flexibility index (Phi) is 5.98. The van der Waals surface area contributed by atoms with E-state index in [1.54, 1.807) is 14.0 Å². The first-order chi connectivity index (χ1) is 8.31. The Labute approximate surface area is 103 Å². The first kappa shape index (κ1) is 13.4. The van der Waals surface area contributed by atoms with E-state index in [-0.39, 0.29) is 0 Å². The van der Waals surface area contributed by atoms with Crippen molar-refractivity contribution in [1.29, 1.82) is 0 Å². The molecule has 0 atom stereocenters. The largest absolute Gasteiger partial charge is 0.493 e. The zero-order chi connectivity index (χ0) is 12.5. The molecule has 1 rings (SSSR count). The molecule has 0 radical (unpaired) electrons. The Morgan fingerprint density at radius 2 is 2.12 bits per heavy atom. The number of benzene rings is 1. The van der Waals surface area contributed by atoms with Crippen molar-refractivity contribution in [3.05, 3.63) is 23.8 Å². The lowest BCUT2D eigenvalue weighted by Crippen LogP contribution is -2.11. The molecule has 0 saturated heterocycles. The topological polar surface area (TPSA) is 30.5 Å². The maximum atomic E-state index is 5.56. The highest BCUT2D eigenvalue weighted by Gasteiger charge is 2.04. The second kappa shape index (κ2) is 7.59. The molecule has 0 fully saturated rings. The van der Waals surface area contributed by atoms with E-state index in [9.17, 15) is 0 Å². The number of ether oxygens (including phenoxy) is 2. The highest BCUT2D eigenvalue weighted by Crippen LogP contribution is 2.27. The maximum absolute atomic E-state index is 5.56. The highest BCUT2D eigenvalue weighted by molar-refractivity contribution is 5.43. The minimum absolute atomic E-state index is 0.386. The summed E-state index contributed by atoms with van der Waals surface area (Å²) in [4.78, 5) is 0. The quantitative estimate of drug-likeness (QED) is 0.764. The summed E-state index contributed by atoms with van der Waals surface area (Å²) in [6, 6.07) is 5.93. The minimum atomic E-state index is 0.386. The van der Waals surface area contributed by atoms with Crippen molar-refractivity contribution in [3.8, 4) is 23.3 Å². The molecule has 92 valence electrons. The number of methoxy groups -OCH3 is 1. The molecule has 3 heteroatoms. The summed E-state index contributed by atoms with van der Waals surface area (Å²) in [5.74, 6) is 7.14. The number of hydrogen-bond donors (Lipinski definition) is 1. The van der Waals surface area contributed by atoms with Crippen molar-refractivity contribution in [2.24, 2.45) is 0 Å². The van der Waals surface area contributed by atoms with E-state index in [1.165, 1.54) is 5.56 Å². The van der Waals surface area contributed by atoms with Crippen molar-refractivity contribution >= 4 is 0 Å². The second-order valence-corrected chi connectivity index (χ2v) is 3.48. The van der Waals surface area contributed by atoms with Gasteiger partial charge in [0.2, 0.25) is 0 Å². The van der Waals surface area contributed by atoms with Gasteiger partial charge in [0.25, 0.3) is 0 Å². The first-order valence-electron chi connectivity index (χ1n) is 5.71. The van der Waals surface area contributed by atoms with Gasteiger partial charge in [-0.3, -0.25) is 0 Å². The van der Waals surface area contributed by atoms with Crippen LogP contribution in [0.2, 0.25) is 0 Å². The van der Waals surface area contributed by atoms with Gasteiger partial charge in [-0.25, -0.2) is 0 Å². The third kappa shape index (κ3) is 4.38. The van der Waals surface area contributed by atoms with E-state index < -0.39 is 0 Å². The smallest absolute Gasteiger partial charge is 0.162 e. The molecule has 0 aromatic heterocycles. The third-order valence-electron chi connectivity index (χ3n) is 2.28. The standard InChI is InChI=1S/C14H19NO2/c1-4-6-9-17-14-10-12(11-15-5-2)7-8-13(14)16-3/h7-8,10,15H,5,9,11H2,1-3H3. The van der Waals surface area contributed by atoms with Crippen LogP contribution in [0, 0.1) is 11.8 Å². The molecule has 0 aliphatic heterocycles. The summed E-state index contributed by atoms with van der Waals surface area (Å²) in [7, 11) is 1.64. The lowest BCUT2D eigenvalue weighted by atomic mass is 10.2. The van der Waals surface area contributed by atoms with E-state index in [0.29, 0.717) is 6.61 Å². The van der Waals surface area contributed by atoms with E-state index >= 15 is 0 Å². The van der Waals surface area contributed by atoms with Crippen LogP contribution in [0.1, 0.15) is 19.4 Å². The average molecular weight is 233 g/mol. The Hall–Kier alpha value is -1.66. The average Bonchev–Trinajstić information content (AvgIpc) is 2.37. The van der Waals surface area contributed by atoms with Gasteiger partial charge >= 0.3 is 0 Å².